The van der Waals surface area contributed by atoms with Gasteiger partial charge >= 0.3 is 0 Å². The summed E-state index contributed by atoms with van der Waals surface area (Å²) < 4.78 is 1.04. The van der Waals surface area contributed by atoms with Crippen molar-refractivity contribution in [1.29, 1.82) is 0 Å². The molecule has 0 saturated heterocycles. The number of aromatic amines is 1. The third-order valence-electron chi connectivity index (χ3n) is 3.79. The van der Waals surface area contributed by atoms with Gasteiger partial charge in [-0.15, -0.1) is 23.2 Å². The van der Waals surface area contributed by atoms with Crippen LogP contribution in [0.15, 0.2) is 46.5 Å². The number of para-hydroxylation sites is 1. The van der Waals surface area contributed by atoms with Crippen LogP contribution in [0.1, 0.15) is 6.42 Å². The van der Waals surface area contributed by atoms with Crippen LogP contribution in [0.25, 0.3) is 16.7 Å². The minimum Gasteiger partial charge on any atom is -0.301 e. The first-order valence-electron chi connectivity index (χ1n) is 7.09. The maximum Gasteiger partial charge on any atom is 0.262 e. The van der Waals surface area contributed by atoms with Gasteiger partial charge in [-0.3, -0.25) is 4.79 Å². The third-order valence-corrected chi connectivity index (χ3v) is 5.76. The number of halogens is 2. The smallest absolute Gasteiger partial charge is 0.262 e. The molecule has 5 nitrogen and oxygen atoms in total. The van der Waals surface area contributed by atoms with E-state index in [9.17, 15) is 4.79 Å². The summed E-state index contributed by atoms with van der Waals surface area (Å²) >= 11 is 13.5. The van der Waals surface area contributed by atoms with Crippen LogP contribution in [0.2, 0.25) is 0 Å². The summed E-state index contributed by atoms with van der Waals surface area (Å²) in [6.07, 6.45) is 2.31. The van der Waals surface area contributed by atoms with Crippen molar-refractivity contribution in [3.63, 3.8) is 0 Å². The molecule has 0 aliphatic heterocycles. The van der Waals surface area contributed by atoms with Crippen LogP contribution >= 0.6 is 35.0 Å². The molecule has 1 saturated carbocycles. The molecule has 118 valence electrons. The molecule has 23 heavy (non-hydrogen) atoms. The minimum atomic E-state index is -0.622. The van der Waals surface area contributed by atoms with Gasteiger partial charge in [0.2, 0.25) is 0 Å². The second-order valence-electron chi connectivity index (χ2n) is 5.47. The Hall–Kier alpha value is -1.50. The molecule has 2 heterocycles. The van der Waals surface area contributed by atoms with Crippen molar-refractivity contribution in [2.45, 2.75) is 15.9 Å². The number of rotatable bonds is 4. The number of hydrogen-bond acceptors (Lipinski definition) is 4. The van der Waals surface area contributed by atoms with E-state index in [1.165, 1.54) is 18.0 Å². The molecule has 1 atom stereocenters. The highest BCUT2D eigenvalue weighted by Gasteiger charge is 2.51. The molecule has 0 unspecified atom stereocenters. The van der Waals surface area contributed by atoms with Crippen molar-refractivity contribution in [3.05, 3.63) is 46.9 Å². The van der Waals surface area contributed by atoms with Crippen molar-refractivity contribution < 1.29 is 0 Å². The van der Waals surface area contributed by atoms with Gasteiger partial charge in [0.05, 0.1) is 11.9 Å². The maximum atomic E-state index is 12.2. The van der Waals surface area contributed by atoms with Crippen molar-refractivity contribution in [3.8, 4) is 5.69 Å². The van der Waals surface area contributed by atoms with Gasteiger partial charge in [0.25, 0.3) is 5.56 Å². The van der Waals surface area contributed by atoms with Gasteiger partial charge in [-0.05, 0) is 18.6 Å². The van der Waals surface area contributed by atoms with Crippen LogP contribution in [0.5, 0.6) is 0 Å². The average molecular weight is 367 g/mol. The Morgan fingerprint density at radius 1 is 1.35 bits per heavy atom. The molecule has 3 aromatic rings. The van der Waals surface area contributed by atoms with Crippen LogP contribution in [-0.4, -0.2) is 29.8 Å². The van der Waals surface area contributed by atoms with Gasteiger partial charge in [-0.25, -0.2) is 9.67 Å². The fourth-order valence-corrected chi connectivity index (χ4v) is 4.14. The molecular formula is C15H12Cl2N4OS. The minimum absolute atomic E-state index is 0.196. The van der Waals surface area contributed by atoms with E-state index in [2.05, 4.69) is 15.1 Å². The molecule has 8 heteroatoms. The monoisotopic (exact) mass is 366 g/mol. The van der Waals surface area contributed by atoms with Crippen LogP contribution < -0.4 is 5.56 Å². The van der Waals surface area contributed by atoms with Gasteiger partial charge in [-0.1, -0.05) is 30.0 Å². The zero-order valence-electron chi connectivity index (χ0n) is 11.9. The molecule has 1 N–H and O–H groups in total. The largest absolute Gasteiger partial charge is 0.301 e. The molecule has 1 aliphatic carbocycles. The summed E-state index contributed by atoms with van der Waals surface area (Å²) in [5, 5.41) is 5.30. The van der Waals surface area contributed by atoms with Crippen LogP contribution in [0.3, 0.4) is 0 Å². The van der Waals surface area contributed by atoms with E-state index in [4.69, 9.17) is 23.2 Å². The molecule has 0 bridgehead atoms. The molecule has 1 fully saturated rings. The molecular weight excluding hydrogens is 355 g/mol. The summed E-state index contributed by atoms with van der Waals surface area (Å²) in [6.45, 7) is 0. The SMILES string of the molecule is O=c1[nH]c(SC[C@H]2CC2(Cl)Cl)nc2c1cnn2-c1ccccc1. The lowest BCUT2D eigenvalue weighted by Crippen LogP contribution is -2.10. The van der Waals surface area contributed by atoms with Crippen molar-refractivity contribution >= 4 is 46.0 Å². The number of hydrogen-bond donors (Lipinski definition) is 1. The van der Waals surface area contributed by atoms with Crippen LogP contribution in [0.4, 0.5) is 0 Å². The first-order valence-corrected chi connectivity index (χ1v) is 8.83. The van der Waals surface area contributed by atoms with Crippen molar-refractivity contribution in [1.82, 2.24) is 19.7 Å². The van der Waals surface area contributed by atoms with E-state index < -0.39 is 4.33 Å². The maximum absolute atomic E-state index is 12.2. The number of H-pyrrole nitrogens is 1. The number of nitrogens with one attached hydrogen (secondary N) is 1. The van der Waals surface area contributed by atoms with Gasteiger partial charge in [0.1, 0.15) is 9.72 Å². The Morgan fingerprint density at radius 3 is 2.78 bits per heavy atom. The van der Waals surface area contributed by atoms with Crippen LogP contribution in [-0.2, 0) is 0 Å². The number of aromatic nitrogens is 4. The lowest BCUT2D eigenvalue weighted by molar-refractivity contribution is 0.870. The molecule has 0 radical (unpaired) electrons. The van der Waals surface area contributed by atoms with E-state index in [0.717, 1.165) is 17.9 Å². The molecule has 1 aromatic carbocycles. The highest BCUT2D eigenvalue weighted by molar-refractivity contribution is 7.99. The summed E-state index contributed by atoms with van der Waals surface area (Å²) in [6, 6.07) is 9.60. The fourth-order valence-electron chi connectivity index (χ4n) is 2.35. The fraction of sp³-hybridized carbons (Fsp3) is 0.267. The Morgan fingerprint density at radius 2 is 2.09 bits per heavy atom. The zero-order chi connectivity index (χ0) is 16.0. The highest BCUT2D eigenvalue weighted by Crippen LogP contribution is 2.54. The number of alkyl halides is 2. The van der Waals surface area contributed by atoms with Crippen molar-refractivity contribution in [2.24, 2.45) is 5.92 Å². The first kappa shape index (κ1) is 15.1. The van der Waals surface area contributed by atoms with E-state index in [1.54, 1.807) is 4.68 Å². The second-order valence-corrected chi connectivity index (χ2v) is 8.02. The molecule has 4 rings (SSSR count). The quantitative estimate of drug-likeness (QED) is 0.436. The molecule has 0 amide bonds. The zero-order valence-corrected chi connectivity index (χ0v) is 14.2. The van der Waals surface area contributed by atoms with Crippen LogP contribution in [0, 0.1) is 5.92 Å². The molecule has 2 aromatic heterocycles. The number of fused-ring (bicyclic) bond motifs is 1. The summed E-state index contributed by atoms with van der Waals surface area (Å²) in [7, 11) is 0. The van der Waals surface area contributed by atoms with E-state index in [0.29, 0.717) is 16.2 Å². The molecule has 1 aliphatic rings. The lowest BCUT2D eigenvalue weighted by Gasteiger charge is -2.04. The van der Waals surface area contributed by atoms with E-state index >= 15 is 0 Å². The van der Waals surface area contributed by atoms with E-state index in [-0.39, 0.29) is 11.5 Å². The Balaban J connectivity index is 1.69. The van der Waals surface area contributed by atoms with Gasteiger partial charge in [0.15, 0.2) is 10.8 Å². The normalized spacial score (nSPS) is 19.1. The predicted octanol–water partition coefficient (Wildman–Crippen LogP) is 3.39. The topological polar surface area (TPSA) is 63.6 Å². The first-order chi connectivity index (χ1) is 11.0. The van der Waals surface area contributed by atoms with Gasteiger partial charge < -0.3 is 4.98 Å². The van der Waals surface area contributed by atoms with Crippen molar-refractivity contribution in [2.75, 3.05) is 5.75 Å². The second kappa shape index (κ2) is 5.54. The highest BCUT2D eigenvalue weighted by atomic mass is 35.5. The predicted molar refractivity (Wildman–Crippen MR) is 92.8 cm³/mol. The van der Waals surface area contributed by atoms with Gasteiger partial charge in [-0.2, -0.15) is 5.10 Å². The van der Waals surface area contributed by atoms with Gasteiger partial charge in [0, 0.05) is 11.7 Å². The average Bonchev–Trinajstić information content (AvgIpc) is 2.95. The third kappa shape index (κ3) is 2.86. The number of nitrogens with zero attached hydrogens (tertiary/aromatic N) is 3. The Kier molecular flexibility index (Phi) is 3.63. The summed E-state index contributed by atoms with van der Waals surface area (Å²) in [4.78, 5) is 19.5. The number of benzene rings is 1. The van der Waals surface area contributed by atoms with E-state index in [1.807, 2.05) is 30.3 Å². The lowest BCUT2D eigenvalue weighted by atomic mass is 10.3. The Labute approximate surface area is 146 Å². The number of thioether (sulfide) groups is 1. The molecule has 0 spiro atoms. The Bertz CT molecular complexity index is 922. The standard InChI is InChI=1S/C15H12Cl2N4OS/c16-15(17)6-9(15)8-23-14-19-12-11(13(22)20-14)7-18-21(12)10-4-2-1-3-5-10/h1-5,7,9H,6,8H2,(H,19,20,22)/t9-/m1/s1. The summed E-state index contributed by atoms with van der Waals surface area (Å²) in [5.41, 5.74) is 1.21. The summed E-state index contributed by atoms with van der Waals surface area (Å²) in [5.74, 6) is 0.955.